The number of carboxylic acids is 1. The smallest absolute Gasteiger partial charge is 0.337 e. The molecule has 0 aromatic heterocycles. The van der Waals surface area contributed by atoms with Gasteiger partial charge in [0, 0.05) is 17.6 Å². The number of halogens is 1. The Balaban J connectivity index is 3.31. The van der Waals surface area contributed by atoms with Crippen LogP contribution in [-0.2, 0) is 0 Å². The zero-order chi connectivity index (χ0) is 15.3. The molecule has 1 rings (SSSR count). The van der Waals surface area contributed by atoms with Crippen LogP contribution in [0.25, 0.3) is 0 Å². The molecule has 4 heteroatoms. The predicted molar refractivity (Wildman–Crippen MR) is 85.0 cm³/mol. The molecule has 0 amide bonds. The van der Waals surface area contributed by atoms with E-state index in [1.54, 1.807) is 18.2 Å². The zero-order valence-corrected chi connectivity index (χ0v) is 13.4. The second-order valence-electron chi connectivity index (χ2n) is 5.48. The Morgan fingerprint density at radius 2 is 1.90 bits per heavy atom. The molecular weight excluding hydrogens is 274 g/mol. The largest absolute Gasteiger partial charge is 0.478 e. The molecule has 0 unspecified atom stereocenters. The molecule has 0 heterocycles. The number of rotatable bonds is 7. The van der Waals surface area contributed by atoms with E-state index in [-0.39, 0.29) is 0 Å². The van der Waals surface area contributed by atoms with Gasteiger partial charge in [-0.1, -0.05) is 39.3 Å². The maximum Gasteiger partial charge on any atom is 0.337 e. The molecule has 0 radical (unpaired) electrons. The second kappa shape index (κ2) is 7.53. The van der Waals surface area contributed by atoms with E-state index >= 15 is 0 Å². The van der Waals surface area contributed by atoms with Crippen molar-refractivity contribution in [2.45, 2.75) is 46.6 Å². The summed E-state index contributed by atoms with van der Waals surface area (Å²) < 4.78 is 0. The van der Waals surface area contributed by atoms with E-state index in [0.717, 1.165) is 25.1 Å². The third-order valence-corrected chi connectivity index (χ3v) is 3.68. The highest BCUT2D eigenvalue weighted by molar-refractivity contribution is 6.31. The van der Waals surface area contributed by atoms with Crippen molar-refractivity contribution in [3.63, 3.8) is 0 Å². The van der Waals surface area contributed by atoms with E-state index in [9.17, 15) is 9.90 Å². The lowest BCUT2D eigenvalue weighted by molar-refractivity contribution is 0.0697. The van der Waals surface area contributed by atoms with Crippen molar-refractivity contribution in [1.82, 2.24) is 0 Å². The van der Waals surface area contributed by atoms with Crippen molar-refractivity contribution < 1.29 is 9.90 Å². The van der Waals surface area contributed by atoms with Gasteiger partial charge in [-0.05, 0) is 37.0 Å². The summed E-state index contributed by atoms with van der Waals surface area (Å²) in [6.07, 6.45) is 1.96. The predicted octanol–water partition coefficient (Wildman–Crippen LogP) is 4.69. The number of aromatic carboxylic acids is 1. The first-order valence-electron chi connectivity index (χ1n) is 7.20. The van der Waals surface area contributed by atoms with Gasteiger partial charge in [0.25, 0.3) is 0 Å². The van der Waals surface area contributed by atoms with E-state index in [1.165, 1.54) is 0 Å². The summed E-state index contributed by atoms with van der Waals surface area (Å²) in [4.78, 5) is 13.6. The highest BCUT2D eigenvalue weighted by Gasteiger charge is 2.22. The van der Waals surface area contributed by atoms with Crippen LogP contribution in [0.5, 0.6) is 0 Å². The molecule has 0 aliphatic rings. The molecule has 0 saturated carbocycles. The third-order valence-electron chi connectivity index (χ3n) is 3.44. The Bertz CT molecular complexity index is 456. The minimum atomic E-state index is -0.906. The van der Waals surface area contributed by atoms with Crippen molar-refractivity contribution in [3.05, 3.63) is 28.8 Å². The van der Waals surface area contributed by atoms with Crippen molar-refractivity contribution in [2.24, 2.45) is 5.92 Å². The highest BCUT2D eigenvalue weighted by Crippen LogP contribution is 2.29. The van der Waals surface area contributed by atoms with Gasteiger partial charge >= 0.3 is 5.97 Å². The fourth-order valence-corrected chi connectivity index (χ4v) is 2.66. The lowest BCUT2D eigenvalue weighted by Gasteiger charge is -2.35. The minimum Gasteiger partial charge on any atom is -0.478 e. The van der Waals surface area contributed by atoms with E-state index in [4.69, 9.17) is 11.6 Å². The van der Waals surface area contributed by atoms with Crippen LogP contribution >= 0.6 is 11.6 Å². The van der Waals surface area contributed by atoms with E-state index in [0.29, 0.717) is 22.5 Å². The number of carboxylic acid groups (broad SMARTS) is 1. The van der Waals surface area contributed by atoms with Gasteiger partial charge in [0.15, 0.2) is 0 Å². The van der Waals surface area contributed by atoms with Gasteiger partial charge in [0.05, 0.1) is 11.3 Å². The Labute approximate surface area is 126 Å². The first-order chi connectivity index (χ1) is 9.40. The number of hydrogen-bond acceptors (Lipinski definition) is 2. The quantitative estimate of drug-likeness (QED) is 0.794. The Kier molecular flexibility index (Phi) is 6.34. The van der Waals surface area contributed by atoms with Gasteiger partial charge in [-0.3, -0.25) is 0 Å². The average molecular weight is 298 g/mol. The van der Waals surface area contributed by atoms with Crippen LogP contribution in [-0.4, -0.2) is 23.7 Å². The first-order valence-corrected chi connectivity index (χ1v) is 7.57. The summed E-state index contributed by atoms with van der Waals surface area (Å²) >= 11 is 6.07. The van der Waals surface area contributed by atoms with E-state index in [1.807, 2.05) is 0 Å². The molecule has 1 aromatic carbocycles. The molecule has 0 atom stereocenters. The molecule has 0 aliphatic heterocycles. The fourth-order valence-electron chi connectivity index (χ4n) is 2.49. The van der Waals surface area contributed by atoms with Crippen molar-refractivity contribution in [2.75, 3.05) is 11.4 Å². The molecule has 112 valence electrons. The van der Waals surface area contributed by atoms with Crippen LogP contribution in [0.4, 0.5) is 5.69 Å². The normalized spacial score (nSPS) is 11.2. The molecule has 0 spiro atoms. The number of carbonyl (C=O) groups is 1. The molecule has 0 saturated heterocycles. The highest BCUT2D eigenvalue weighted by atomic mass is 35.5. The fraction of sp³-hybridized carbons (Fsp3) is 0.562. The molecule has 0 fully saturated rings. The number of anilines is 1. The summed E-state index contributed by atoms with van der Waals surface area (Å²) in [5.74, 6) is -0.451. The Morgan fingerprint density at radius 1 is 1.30 bits per heavy atom. The van der Waals surface area contributed by atoms with Crippen LogP contribution in [0, 0.1) is 5.92 Å². The van der Waals surface area contributed by atoms with Gasteiger partial charge in [-0.15, -0.1) is 0 Å². The molecule has 1 aromatic rings. The summed E-state index contributed by atoms with van der Waals surface area (Å²) in [6, 6.07) is 5.32. The lowest BCUT2D eigenvalue weighted by atomic mass is 10.0. The maximum absolute atomic E-state index is 11.5. The molecule has 0 aliphatic carbocycles. The average Bonchev–Trinajstić information content (AvgIpc) is 2.38. The second-order valence-corrected chi connectivity index (χ2v) is 5.92. The van der Waals surface area contributed by atoms with Crippen molar-refractivity contribution >= 4 is 23.3 Å². The lowest BCUT2D eigenvalue weighted by Crippen LogP contribution is -2.38. The Hall–Kier alpha value is -1.22. The van der Waals surface area contributed by atoms with Gasteiger partial charge in [-0.25, -0.2) is 4.79 Å². The van der Waals surface area contributed by atoms with Gasteiger partial charge in [-0.2, -0.15) is 0 Å². The first kappa shape index (κ1) is 16.8. The summed E-state index contributed by atoms with van der Waals surface area (Å²) in [5, 5.41) is 9.97. The summed E-state index contributed by atoms with van der Waals surface area (Å²) in [5.41, 5.74) is 1.05. The van der Waals surface area contributed by atoms with Crippen molar-refractivity contribution in [1.29, 1.82) is 0 Å². The molecule has 0 bridgehead atoms. The summed E-state index contributed by atoms with van der Waals surface area (Å²) in [7, 11) is 0. The van der Waals surface area contributed by atoms with Crippen LogP contribution in [0.1, 0.15) is 50.9 Å². The van der Waals surface area contributed by atoms with Gasteiger partial charge < -0.3 is 10.0 Å². The molecule has 1 N–H and O–H groups in total. The van der Waals surface area contributed by atoms with Crippen LogP contribution < -0.4 is 4.90 Å². The molecule has 3 nitrogen and oxygen atoms in total. The maximum atomic E-state index is 11.5. The van der Waals surface area contributed by atoms with Crippen LogP contribution in [0.2, 0.25) is 5.02 Å². The zero-order valence-electron chi connectivity index (χ0n) is 12.7. The number of nitrogens with zero attached hydrogens (tertiary/aromatic N) is 1. The molecule has 20 heavy (non-hydrogen) atoms. The standard InChI is InChI=1S/C16H24ClNO2/c1-5-13(6-2)18(10-11(3)4)15-9-12(17)7-8-14(15)16(19)20/h7-9,11,13H,5-6,10H2,1-4H3,(H,19,20). The van der Waals surface area contributed by atoms with Crippen LogP contribution in [0.3, 0.4) is 0 Å². The topological polar surface area (TPSA) is 40.5 Å². The van der Waals surface area contributed by atoms with Gasteiger partial charge in [0.1, 0.15) is 0 Å². The van der Waals surface area contributed by atoms with Gasteiger partial charge in [0.2, 0.25) is 0 Å². The third kappa shape index (κ3) is 4.14. The Morgan fingerprint density at radius 3 is 2.35 bits per heavy atom. The number of benzene rings is 1. The van der Waals surface area contributed by atoms with Crippen molar-refractivity contribution in [3.8, 4) is 0 Å². The summed E-state index contributed by atoms with van der Waals surface area (Å²) in [6.45, 7) is 9.37. The minimum absolute atomic E-state index is 0.321. The van der Waals surface area contributed by atoms with Crippen LogP contribution in [0.15, 0.2) is 18.2 Å². The van der Waals surface area contributed by atoms with E-state index < -0.39 is 5.97 Å². The number of hydrogen-bond donors (Lipinski definition) is 1. The SMILES string of the molecule is CCC(CC)N(CC(C)C)c1cc(Cl)ccc1C(=O)O. The monoisotopic (exact) mass is 297 g/mol. The van der Waals surface area contributed by atoms with E-state index in [2.05, 4.69) is 32.6 Å². The molecular formula is C16H24ClNO2.